The van der Waals surface area contributed by atoms with Crippen LogP contribution in [0.1, 0.15) is 13.8 Å². The molecule has 1 aromatic heterocycles. The van der Waals surface area contributed by atoms with E-state index in [1.54, 1.807) is 30.5 Å². The Morgan fingerprint density at radius 3 is 2.70 bits per heavy atom. The van der Waals surface area contributed by atoms with Gasteiger partial charge in [-0.05, 0) is 38.1 Å². The molecular formula is C14H15N3O3. The van der Waals surface area contributed by atoms with Crippen LogP contribution in [0, 0.1) is 0 Å². The first kappa shape index (κ1) is 13.8. The molecule has 0 radical (unpaired) electrons. The fraction of sp³-hybridized carbons (Fsp3) is 0.214. The Bertz CT molecular complexity index is 668. The van der Waals surface area contributed by atoms with Crippen molar-refractivity contribution in [2.75, 3.05) is 5.32 Å². The highest BCUT2D eigenvalue weighted by Gasteiger charge is 2.28. The van der Waals surface area contributed by atoms with Crippen LogP contribution in [0.25, 0.3) is 10.9 Å². The van der Waals surface area contributed by atoms with Crippen molar-refractivity contribution < 1.29 is 14.7 Å². The van der Waals surface area contributed by atoms with Gasteiger partial charge in [0.2, 0.25) is 0 Å². The molecule has 0 saturated carbocycles. The van der Waals surface area contributed by atoms with Crippen molar-refractivity contribution in [3.63, 3.8) is 0 Å². The van der Waals surface area contributed by atoms with Crippen LogP contribution >= 0.6 is 0 Å². The number of pyridine rings is 1. The highest BCUT2D eigenvalue weighted by atomic mass is 16.4. The fourth-order valence-corrected chi connectivity index (χ4v) is 1.65. The van der Waals surface area contributed by atoms with Gasteiger partial charge in [0.25, 0.3) is 0 Å². The lowest BCUT2D eigenvalue weighted by atomic mass is 10.1. The van der Waals surface area contributed by atoms with E-state index in [0.717, 1.165) is 10.9 Å². The molecule has 2 rings (SSSR count). The second kappa shape index (κ2) is 5.16. The van der Waals surface area contributed by atoms with Gasteiger partial charge in [-0.15, -0.1) is 0 Å². The predicted molar refractivity (Wildman–Crippen MR) is 75.6 cm³/mol. The van der Waals surface area contributed by atoms with Gasteiger partial charge in [0, 0.05) is 17.3 Å². The maximum absolute atomic E-state index is 11.8. The maximum Gasteiger partial charge on any atom is 0.328 e. The Morgan fingerprint density at radius 2 is 2.00 bits per heavy atom. The van der Waals surface area contributed by atoms with Crippen LogP contribution in [0.5, 0.6) is 0 Å². The molecule has 3 N–H and O–H groups in total. The molecular weight excluding hydrogens is 258 g/mol. The average Bonchev–Trinajstić information content (AvgIpc) is 2.37. The molecule has 20 heavy (non-hydrogen) atoms. The number of aromatic nitrogens is 1. The number of aliphatic carboxylic acids is 1. The van der Waals surface area contributed by atoms with Gasteiger partial charge >= 0.3 is 12.0 Å². The summed E-state index contributed by atoms with van der Waals surface area (Å²) in [6.45, 7) is 2.83. The van der Waals surface area contributed by atoms with Gasteiger partial charge in [0.1, 0.15) is 5.54 Å². The molecule has 0 aliphatic rings. The second-order valence-corrected chi connectivity index (χ2v) is 4.92. The van der Waals surface area contributed by atoms with E-state index in [9.17, 15) is 9.59 Å². The highest BCUT2D eigenvalue weighted by Crippen LogP contribution is 2.17. The lowest BCUT2D eigenvalue weighted by molar-refractivity contribution is -0.142. The number of nitrogens with one attached hydrogen (secondary N) is 2. The summed E-state index contributed by atoms with van der Waals surface area (Å²) in [6, 6.07) is 8.39. The predicted octanol–water partition coefficient (Wildman–Crippen LogP) is 2.22. The molecule has 2 aromatic rings. The van der Waals surface area contributed by atoms with E-state index in [1.807, 2.05) is 6.07 Å². The monoisotopic (exact) mass is 273 g/mol. The van der Waals surface area contributed by atoms with Gasteiger partial charge in [0.15, 0.2) is 0 Å². The zero-order valence-corrected chi connectivity index (χ0v) is 11.2. The van der Waals surface area contributed by atoms with Crippen molar-refractivity contribution in [1.29, 1.82) is 0 Å². The van der Waals surface area contributed by atoms with Crippen molar-refractivity contribution in [2.45, 2.75) is 19.4 Å². The normalized spacial score (nSPS) is 11.1. The first-order valence-electron chi connectivity index (χ1n) is 6.06. The maximum atomic E-state index is 11.8. The van der Waals surface area contributed by atoms with Gasteiger partial charge in [-0.25, -0.2) is 9.59 Å². The third-order valence-corrected chi connectivity index (χ3v) is 2.82. The smallest absolute Gasteiger partial charge is 0.328 e. The molecule has 0 atom stereocenters. The minimum atomic E-state index is -1.33. The van der Waals surface area contributed by atoms with Crippen LogP contribution in [0.2, 0.25) is 0 Å². The number of rotatable bonds is 3. The van der Waals surface area contributed by atoms with E-state index in [0.29, 0.717) is 5.69 Å². The van der Waals surface area contributed by atoms with Crippen molar-refractivity contribution >= 4 is 28.6 Å². The number of amides is 2. The lowest BCUT2D eigenvalue weighted by Gasteiger charge is -2.21. The van der Waals surface area contributed by atoms with Crippen LogP contribution in [-0.2, 0) is 4.79 Å². The Kier molecular flexibility index (Phi) is 3.56. The molecule has 104 valence electrons. The van der Waals surface area contributed by atoms with Crippen molar-refractivity contribution in [3.05, 3.63) is 36.5 Å². The molecule has 1 aromatic carbocycles. The van der Waals surface area contributed by atoms with Crippen LogP contribution < -0.4 is 10.6 Å². The number of hydrogen-bond acceptors (Lipinski definition) is 3. The first-order chi connectivity index (χ1) is 9.38. The topological polar surface area (TPSA) is 91.3 Å². The number of fused-ring (bicyclic) bond motifs is 1. The number of urea groups is 1. The van der Waals surface area contributed by atoms with E-state index in [4.69, 9.17) is 5.11 Å². The van der Waals surface area contributed by atoms with Crippen LogP contribution in [0.15, 0.2) is 36.5 Å². The molecule has 0 saturated heterocycles. The van der Waals surface area contributed by atoms with Gasteiger partial charge in [-0.2, -0.15) is 0 Å². The number of benzene rings is 1. The summed E-state index contributed by atoms with van der Waals surface area (Å²) in [5.41, 5.74) is 0.0659. The van der Waals surface area contributed by atoms with Gasteiger partial charge in [-0.1, -0.05) is 6.07 Å². The number of carboxylic acid groups (broad SMARTS) is 1. The minimum Gasteiger partial charge on any atom is -0.480 e. The standard InChI is InChI=1S/C14H15N3O3/c1-14(2,12(18)19)17-13(20)16-10-5-6-11-9(8-10)4-3-7-15-11/h3-8H,1-2H3,(H,18,19)(H2,16,17,20). The Balaban J connectivity index is 2.12. The molecule has 0 fully saturated rings. The number of hydrogen-bond donors (Lipinski definition) is 3. The summed E-state index contributed by atoms with van der Waals surface area (Å²) in [5, 5.41) is 14.8. The van der Waals surface area contributed by atoms with Gasteiger partial charge < -0.3 is 15.7 Å². The molecule has 2 amide bonds. The molecule has 6 heteroatoms. The Morgan fingerprint density at radius 1 is 1.25 bits per heavy atom. The Hall–Kier alpha value is -2.63. The highest BCUT2D eigenvalue weighted by molar-refractivity contribution is 5.95. The number of carbonyl (C=O) groups is 2. The molecule has 0 spiro atoms. The molecule has 0 bridgehead atoms. The van der Waals surface area contributed by atoms with E-state index in [-0.39, 0.29) is 0 Å². The molecule has 0 unspecified atom stereocenters. The van der Waals surface area contributed by atoms with E-state index in [2.05, 4.69) is 15.6 Å². The van der Waals surface area contributed by atoms with Gasteiger partial charge in [0.05, 0.1) is 5.52 Å². The van der Waals surface area contributed by atoms with Crippen LogP contribution in [-0.4, -0.2) is 27.6 Å². The number of carboxylic acids is 1. The average molecular weight is 273 g/mol. The molecule has 0 aliphatic carbocycles. The van der Waals surface area contributed by atoms with E-state index < -0.39 is 17.5 Å². The summed E-state index contributed by atoms with van der Waals surface area (Å²) in [6.07, 6.45) is 1.69. The summed E-state index contributed by atoms with van der Waals surface area (Å²) >= 11 is 0. The summed E-state index contributed by atoms with van der Waals surface area (Å²) < 4.78 is 0. The molecule has 0 aliphatic heterocycles. The molecule has 6 nitrogen and oxygen atoms in total. The minimum absolute atomic E-state index is 0.569. The third-order valence-electron chi connectivity index (χ3n) is 2.82. The quantitative estimate of drug-likeness (QED) is 0.799. The first-order valence-corrected chi connectivity index (χ1v) is 6.06. The van der Waals surface area contributed by atoms with Crippen LogP contribution in [0.3, 0.4) is 0 Å². The summed E-state index contributed by atoms with van der Waals surface area (Å²) in [4.78, 5) is 26.9. The van der Waals surface area contributed by atoms with Crippen molar-refractivity contribution in [3.8, 4) is 0 Å². The number of carbonyl (C=O) groups excluding carboxylic acids is 1. The van der Waals surface area contributed by atoms with Crippen molar-refractivity contribution in [2.24, 2.45) is 0 Å². The van der Waals surface area contributed by atoms with Crippen LogP contribution in [0.4, 0.5) is 10.5 Å². The second-order valence-electron chi connectivity index (χ2n) is 4.92. The van der Waals surface area contributed by atoms with E-state index in [1.165, 1.54) is 13.8 Å². The molecule has 1 heterocycles. The number of nitrogens with zero attached hydrogens (tertiary/aromatic N) is 1. The Labute approximate surface area is 115 Å². The SMILES string of the molecule is CC(C)(NC(=O)Nc1ccc2ncccc2c1)C(=O)O. The largest absolute Gasteiger partial charge is 0.480 e. The van der Waals surface area contributed by atoms with Gasteiger partial charge in [-0.3, -0.25) is 4.98 Å². The fourth-order valence-electron chi connectivity index (χ4n) is 1.65. The van der Waals surface area contributed by atoms with E-state index >= 15 is 0 Å². The zero-order chi connectivity index (χ0) is 14.8. The summed E-state index contributed by atoms with van der Waals surface area (Å²) in [7, 11) is 0. The lowest BCUT2D eigenvalue weighted by Crippen LogP contribution is -2.51. The third kappa shape index (κ3) is 3.03. The van der Waals surface area contributed by atoms with Crippen molar-refractivity contribution in [1.82, 2.24) is 10.3 Å². The zero-order valence-electron chi connectivity index (χ0n) is 11.2. The summed E-state index contributed by atoms with van der Waals surface area (Å²) in [5.74, 6) is -1.10. The number of anilines is 1.